The fraction of sp³-hybridized carbons (Fsp3) is 0.118. The normalized spacial score (nSPS) is 11.3. The third kappa shape index (κ3) is 3.87. The molecule has 4 nitrogen and oxygen atoms in total. The molecule has 0 saturated carbocycles. The first-order chi connectivity index (χ1) is 11.5. The topological polar surface area (TPSA) is 50.7 Å². The molecule has 0 atom stereocenters. The Morgan fingerprint density at radius 1 is 0.917 bits per heavy atom. The summed E-state index contributed by atoms with van der Waals surface area (Å²) in [5.74, 6) is -0.0545. The van der Waals surface area contributed by atoms with Crippen molar-refractivity contribution in [2.24, 2.45) is 0 Å². The quantitative estimate of drug-likeness (QED) is 0.780. The maximum absolute atomic E-state index is 12.6. The van der Waals surface area contributed by atoms with Gasteiger partial charge >= 0.3 is 6.18 Å². The maximum atomic E-state index is 12.6. The molecule has 1 N–H and O–H groups in total. The summed E-state index contributed by atoms with van der Waals surface area (Å²) in [4.78, 5) is 11.3. The summed E-state index contributed by atoms with van der Waals surface area (Å²) >= 11 is 0. The van der Waals surface area contributed by atoms with Crippen LogP contribution in [0.2, 0.25) is 0 Å². The summed E-state index contributed by atoms with van der Waals surface area (Å²) in [5, 5.41) is 2.80. The number of nitrogens with one attached hydrogen (secondary N) is 1. The number of anilines is 1. The van der Waals surface area contributed by atoms with Crippen LogP contribution in [-0.2, 0) is 12.7 Å². The number of alkyl halides is 3. The van der Waals surface area contributed by atoms with Gasteiger partial charge in [0.2, 0.25) is 5.95 Å². The highest BCUT2D eigenvalue weighted by atomic mass is 19.4. The lowest BCUT2D eigenvalue weighted by Gasteiger charge is -2.09. The summed E-state index contributed by atoms with van der Waals surface area (Å²) in [7, 11) is 0. The highest BCUT2D eigenvalue weighted by molar-refractivity contribution is 5.62. The first kappa shape index (κ1) is 15.9. The Morgan fingerprint density at radius 2 is 1.71 bits per heavy atom. The molecule has 0 spiro atoms. The monoisotopic (exact) mass is 330 g/mol. The molecule has 0 unspecified atom stereocenters. The Morgan fingerprint density at radius 3 is 2.38 bits per heavy atom. The second-order valence-electron chi connectivity index (χ2n) is 5.06. The second-order valence-corrected chi connectivity index (χ2v) is 5.06. The Bertz CT molecular complexity index is 802. The molecule has 0 aliphatic carbocycles. The first-order valence-electron chi connectivity index (χ1n) is 7.16. The Hall–Kier alpha value is -2.96. The molecular weight excluding hydrogens is 317 g/mol. The number of hydrogen-bond donors (Lipinski definition) is 1. The number of rotatable bonds is 4. The molecule has 3 aromatic rings. The van der Waals surface area contributed by atoms with Crippen LogP contribution in [0.25, 0.3) is 11.1 Å². The summed E-state index contributed by atoms with van der Waals surface area (Å²) < 4.78 is 37.8. The molecule has 1 aromatic carbocycles. The van der Waals surface area contributed by atoms with E-state index in [1.54, 1.807) is 12.4 Å². The maximum Gasteiger partial charge on any atom is 0.433 e. The predicted molar refractivity (Wildman–Crippen MR) is 84.0 cm³/mol. The first-order valence-corrected chi connectivity index (χ1v) is 7.16. The highest BCUT2D eigenvalue weighted by Gasteiger charge is 2.32. The van der Waals surface area contributed by atoms with Gasteiger partial charge < -0.3 is 5.32 Å². The third-order valence-corrected chi connectivity index (χ3v) is 3.35. The van der Waals surface area contributed by atoms with Gasteiger partial charge in [0.05, 0.1) is 0 Å². The van der Waals surface area contributed by atoms with Crippen LogP contribution in [0.5, 0.6) is 0 Å². The molecule has 0 saturated heterocycles. The van der Waals surface area contributed by atoms with Crippen molar-refractivity contribution in [1.29, 1.82) is 0 Å². The average molecular weight is 330 g/mol. The average Bonchev–Trinajstić information content (AvgIpc) is 2.61. The van der Waals surface area contributed by atoms with E-state index >= 15 is 0 Å². The number of halogens is 3. The van der Waals surface area contributed by atoms with Crippen LogP contribution < -0.4 is 5.32 Å². The van der Waals surface area contributed by atoms with E-state index in [4.69, 9.17) is 0 Å². The van der Waals surface area contributed by atoms with E-state index in [-0.39, 0.29) is 5.95 Å². The zero-order valence-electron chi connectivity index (χ0n) is 12.5. The number of benzene rings is 1. The summed E-state index contributed by atoms with van der Waals surface area (Å²) in [5.41, 5.74) is 1.95. The minimum absolute atomic E-state index is 0.0545. The smallest absolute Gasteiger partial charge is 0.350 e. The zero-order valence-corrected chi connectivity index (χ0v) is 12.5. The summed E-state index contributed by atoms with van der Waals surface area (Å²) in [6.45, 7) is 0.328. The van der Waals surface area contributed by atoms with E-state index in [1.165, 1.54) is 0 Å². The van der Waals surface area contributed by atoms with Gasteiger partial charge in [-0.05, 0) is 28.8 Å². The lowest BCUT2D eigenvalue weighted by molar-refractivity contribution is -0.141. The molecule has 2 aromatic heterocycles. The molecule has 0 radical (unpaired) electrons. The molecule has 3 rings (SSSR count). The predicted octanol–water partition coefficient (Wildman–Crippen LogP) is 4.17. The van der Waals surface area contributed by atoms with E-state index < -0.39 is 11.9 Å². The molecule has 122 valence electrons. The minimum Gasteiger partial charge on any atom is -0.350 e. The van der Waals surface area contributed by atoms with Gasteiger partial charge in [-0.3, -0.25) is 4.98 Å². The number of nitrogens with zero attached hydrogens (tertiary/aromatic N) is 3. The van der Waals surface area contributed by atoms with Crippen molar-refractivity contribution in [2.45, 2.75) is 12.7 Å². The molecule has 0 aliphatic rings. The van der Waals surface area contributed by atoms with Crippen LogP contribution in [0.15, 0.2) is 61.1 Å². The third-order valence-electron chi connectivity index (χ3n) is 3.35. The summed E-state index contributed by atoms with van der Waals surface area (Å²) in [6, 6.07) is 12.3. The van der Waals surface area contributed by atoms with Gasteiger partial charge in [-0.2, -0.15) is 13.2 Å². The van der Waals surface area contributed by atoms with Crippen LogP contribution >= 0.6 is 0 Å². The van der Waals surface area contributed by atoms with Crippen LogP contribution in [-0.4, -0.2) is 15.0 Å². The van der Waals surface area contributed by atoms with Gasteiger partial charge in [-0.25, -0.2) is 9.97 Å². The SMILES string of the molecule is FC(F)(F)c1ccnc(NCc2ccc(-c3cccnc3)cc2)n1. The van der Waals surface area contributed by atoms with Crippen molar-refractivity contribution in [1.82, 2.24) is 15.0 Å². The standard InChI is InChI=1S/C17H13F3N4/c18-17(19,20)15-7-9-22-16(24-15)23-10-12-3-5-13(6-4-12)14-2-1-8-21-11-14/h1-9,11H,10H2,(H,22,23,24). The van der Waals surface area contributed by atoms with Gasteiger partial charge in [-0.1, -0.05) is 30.3 Å². The van der Waals surface area contributed by atoms with Gasteiger partial charge in [0.15, 0.2) is 0 Å². The fourth-order valence-corrected chi connectivity index (χ4v) is 2.13. The summed E-state index contributed by atoms with van der Waals surface area (Å²) in [6.07, 6.45) is 0.0784. The minimum atomic E-state index is -4.48. The van der Waals surface area contributed by atoms with Gasteiger partial charge in [0.25, 0.3) is 0 Å². The number of pyridine rings is 1. The van der Waals surface area contributed by atoms with E-state index in [9.17, 15) is 13.2 Å². The van der Waals surface area contributed by atoms with Gasteiger partial charge in [0, 0.05) is 25.1 Å². The molecule has 7 heteroatoms. The van der Waals surface area contributed by atoms with Gasteiger partial charge in [-0.15, -0.1) is 0 Å². The van der Waals surface area contributed by atoms with Crippen molar-refractivity contribution in [3.05, 3.63) is 72.3 Å². The Labute approximate surface area is 136 Å². The Balaban J connectivity index is 1.67. The molecule has 0 aliphatic heterocycles. The molecule has 2 heterocycles. The molecule has 0 bridgehead atoms. The van der Waals surface area contributed by atoms with E-state index in [0.717, 1.165) is 29.0 Å². The lowest BCUT2D eigenvalue weighted by atomic mass is 10.1. The van der Waals surface area contributed by atoms with Crippen molar-refractivity contribution >= 4 is 5.95 Å². The van der Waals surface area contributed by atoms with E-state index in [2.05, 4.69) is 20.3 Å². The molecule has 0 amide bonds. The van der Waals surface area contributed by atoms with Crippen molar-refractivity contribution < 1.29 is 13.2 Å². The molecule has 0 fully saturated rings. The van der Waals surface area contributed by atoms with Crippen molar-refractivity contribution in [3.8, 4) is 11.1 Å². The van der Waals surface area contributed by atoms with Crippen molar-refractivity contribution in [2.75, 3.05) is 5.32 Å². The number of aromatic nitrogens is 3. The lowest BCUT2D eigenvalue weighted by Crippen LogP contribution is -2.11. The number of hydrogen-bond acceptors (Lipinski definition) is 4. The molecular formula is C17H13F3N4. The largest absolute Gasteiger partial charge is 0.433 e. The van der Waals surface area contributed by atoms with Crippen LogP contribution in [0, 0.1) is 0 Å². The van der Waals surface area contributed by atoms with Crippen LogP contribution in [0.4, 0.5) is 19.1 Å². The zero-order chi connectivity index (χ0) is 17.0. The fourth-order valence-electron chi connectivity index (χ4n) is 2.13. The van der Waals surface area contributed by atoms with E-state index in [0.29, 0.717) is 6.54 Å². The van der Waals surface area contributed by atoms with Crippen LogP contribution in [0.1, 0.15) is 11.3 Å². The molecule has 24 heavy (non-hydrogen) atoms. The van der Waals surface area contributed by atoms with Crippen LogP contribution in [0.3, 0.4) is 0 Å². The Kier molecular flexibility index (Phi) is 4.41. The van der Waals surface area contributed by atoms with Crippen molar-refractivity contribution in [3.63, 3.8) is 0 Å². The highest BCUT2D eigenvalue weighted by Crippen LogP contribution is 2.27. The van der Waals surface area contributed by atoms with Gasteiger partial charge in [0.1, 0.15) is 5.69 Å². The van der Waals surface area contributed by atoms with E-state index in [1.807, 2.05) is 36.4 Å². The second kappa shape index (κ2) is 6.66.